The zero-order valence-corrected chi connectivity index (χ0v) is 24.5. The molecule has 4 aromatic rings. The van der Waals surface area contributed by atoms with Gasteiger partial charge in [0.15, 0.2) is 0 Å². The standard InChI is InChI=1S/C33H40N4O4/c1-6-7-17-37(33(40)35-29-25(21(2)3)13-9-14-26(29)22(4)5)30-28(23-11-8-12-24(20-23)41-19-18-38)27-15-10-16-34-31(27)36-32(30)39/h8-16,20-22,38H,6-7,17-19H2,1-5H3,(H,35,40)(H,34,36,39). The fourth-order valence-corrected chi connectivity index (χ4v) is 5.07. The highest BCUT2D eigenvalue weighted by molar-refractivity contribution is 6.09. The van der Waals surface area contributed by atoms with Crippen LogP contribution >= 0.6 is 0 Å². The lowest BCUT2D eigenvalue weighted by Gasteiger charge is -2.28. The van der Waals surface area contributed by atoms with E-state index in [4.69, 9.17) is 4.74 Å². The van der Waals surface area contributed by atoms with Crippen LogP contribution in [-0.2, 0) is 0 Å². The lowest BCUT2D eigenvalue weighted by atomic mass is 9.92. The molecule has 216 valence electrons. The number of nitrogens with zero attached hydrogens (tertiary/aromatic N) is 2. The second-order valence-electron chi connectivity index (χ2n) is 10.7. The average Bonchev–Trinajstić information content (AvgIpc) is 2.96. The number of aromatic nitrogens is 2. The molecule has 0 radical (unpaired) electrons. The van der Waals surface area contributed by atoms with Crippen LogP contribution in [0.2, 0.25) is 0 Å². The molecule has 0 bridgehead atoms. The van der Waals surface area contributed by atoms with Crippen LogP contribution in [0.3, 0.4) is 0 Å². The van der Waals surface area contributed by atoms with Gasteiger partial charge in [-0.2, -0.15) is 0 Å². The number of nitrogens with one attached hydrogen (secondary N) is 2. The third-order valence-electron chi connectivity index (χ3n) is 7.10. The number of hydrogen-bond acceptors (Lipinski definition) is 5. The Morgan fingerprint density at radius 3 is 2.41 bits per heavy atom. The number of fused-ring (bicyclic) bond motifs is 1. The fraction of sp³-hybridized carbons (Fsp3) is 0.364. The van der Waals surface area contributed by atoms with E-state index in [1.54, 1.807) is 17.2 Å². The SMILES string of the molecule is CCCCN(C(=O)Nc1c(C(C)C)cccc1C(C)C)c1c(-c2cccc(OCCO)c2)c2cccnc2[nH]c1=O. The predicted octanol–water partition coefficient (Wildman–Crippen LogP) is 7.05. The summed E-state index contributed by atoms with van der Waals surface area (Å²) in [5.74, 6) is 0.942. The maximum atomic E-state index is 14.2. The van der Waals surface area contributed by atoms with E-state index in [0.29, 0.717) is 40.9 Å². The first-order chi connectivity index (χ1) is 19.8. The molecule has 8 heteroatoms. The van der Waals surface area contributed by atoms with E-state index in [0.717, 1.165) is 23.2 Å². The normalized spacial score (nSPS) is 11.3. The summed E-state index contributed by atoms with van der Waals surface area (Å²) in [4.78, 5) is 36.9. The number of rotatable bonds is 11. The zero-order valence-electron chi connectivity index (χ0n) is 24.5. The Kier molecular flexibility index (Phi) is 9.78. The maximum Gasteiger partial charge on any atom is 0.326 e. The van der Waals surface area contributed by atoms with Crippen LogP contribution < -0.4 is 20.5 Å². The van der Waals surface area contributed by atoms with Crippen molar-refractivity contribution in [3.05, 3.63) is 82.3 Å². The van der Waals surface area contributed by atoms with Gasteiger partial charge in [-0.25, -0.2) is 9.78 Å². The average molecular weight is 557 g/mol. The Hall–Kier alpha value is -4.17. The van der Waals surface area contributed by atoms with Crippen LogP contribution in [-0.4, -0.2) is 40.9 Å². The molecule has 4 rings (SSSR count). The van der Waals surface area contributed by atoms with Gasteiger partial charge in [-0.05, 0) is 59.2 Å². The van der Waals surface area contributed by atoms with Gasteiger partial charge in [0.1, 0.15) is 23.7 Å². The van der Waals surface area contributed by atoms with E-state index in [-0.39, 0.29) is 36.8 Å². The van der Waals surface area contributed by atoms with Crippen LogP contribution in [0.5, 0.6) is 5.75 Å². The molecule has 3 N–H and O–H groups in total. The van der Waals surface area contributed by atoms with Gasteiger partial charge in [0.25, 0.3) is 5.56 Å². The summed E-state index contributed by atoms with van der Waals surface area (Å²) >= 11 is 0. The van der Waals surface area contributed by atoms with Crippen LogP contribution in [0.25, 0.3) is 22.2 Å². The highest BCUT2D eigenvalue weighted by atomic mass is 16.5. The quantitative estimate of drug-likeness (QED) is 0.184. The van der Waals surface area contributed by atoms with Crippen molar-refractivity contribution < 1.29 is 14.6 Å². The number of aliphatic hydroxyl groups excluding tert-OH is 1. The number of carbonyl (C=O) groups is 1. The van der Waals surface area contributed by atoms with Crippen molar-refractivity contribution in [1.82, 2.24) is 9.97 Å². The molecule has 0 aliphatic heterocycles. The van der Waals surface area contributed by atoms with Crippen molar-refractivity contribution in [3.8, 4) is 16.9 Å². The molecule has 2 amide bonds. The van der Waals surface area contributed by atoms with Gasteiger partial charge in [-0.1, -0.05) is 71.4 Å². The summed E-state index contributed by atoms with van der Waals surface area (Å²) in [5, 5.41) is 13.2. The summed E-state index contributed by atoms with van der Waals surface area (Å²) in [7, 11) is 0. The third kappa shape index (κ3) is 6.60. The Morgan fingerprint density at radius 1 is 1.05 bits per heavy atom. The van der Waals surface area contributed by atoms with Crippen molar-refractivity contribution in [1.29, 1.82) is 0 Å². The van der Waals surface area contributed by atoms with Gasteiger partial charge in [-0.3, -0.25) is 9.69 Å². The summed E-state index contributed by atoms with van der Waals surface area (Å²) < 4.78 is 5.68. The van der Waals surface area contributed by atoms with Crippen molar-refractivity contribution in [3.63, 3.8) is 0 Å². The van der Waals surface area contributed by atoms with Crippen molar-refractivity contribution in [2.75, 3.05) is 30.0 Å². The van der Waals surface area contributed by atoms with Crippen LogP contribution in [0.1, 0.15) is 70.4 Å². The smallest absolute Gasteiger partial charge is 0.326 e. The minimum Gasteiger partial charge on any atom is -0.491 e. The Bertz CT molecular complexity index is 1530. The van der Waals surface area contributed by atoms with Gasteiger partial charge in [0.2, 0.25) is 0 Å². The fourth-order valence-electron chi connectivity index (χ4n) is 5.07. The number of pyridine rings is 2. The molecule has 8 nitrogen and oxygen atoms in total. The van der Waals surface area contributed by atoms with E-state index >= 15 is 0 Å². The van der Waals surface area contributed by atoms with Gasteiger partial charge < -0.3 is 20.1 Å². The van der Waals surface area contributed by atoms with Gasteiger partial charge in [0, 0.05) is 29.4 Å². The van der Waals surface area contributed by atoms with E-state index in [9.17, 15) is 14.7 Å². The molecule has 2 heterocycles. The zero-order chi connectivity index (χ0) is 29.5. The minimum absolute atomic E-state index is 0.117. The Labute approximate surface area is 241 Å². The first-order valence-corrected chi connectivity index (χ1v) is 14.3. The van der Waals surface area contributed by atoms with E-state index in [1.807, 2.05) is 48.5 Å². The summed E-state index contributed by atoms with van der Waals surface area (Å²) in [6.45, 7) is 10.9. The Balaban J connectivity index is 1.92. The highest BCUT2D eigenvalue weighted by Crippen LogP contribution is 2.37. The van der Waals surface area contributed by atoms with E-state index in [1.165, 1.54) is 0 Å². The minimum atomic E-state index is -0.402. The molecular weight excluding hydrogens is 516 g/mol. The molecule has 0 aliphatic rings. The number of aliphatic hydroxyl groups is 1. The van der Waals surface area contributed by atoms with Crippen molar-refractivity contribution >= 4 is 28.4 Å². The number of unbranched alkanes of at least 4 members (excludes halogenated alkanes) is 1. The number of ether oxygens (including phenoxy) is 1. The number of aromatic amines is 1. The molecule has 41 heavy (non-hydrogen) atoms. The van der Waals surface area contributed by atoms with Crippen LogP contribution in [0.15, 0.2) is 65.6 Å². The number of benzene rings is 2. The van der Waals surface area contributed by atoms with Crippen LogP contribution in [0, 0.1) is 0 Å². The molecule has 0 spiro atoms. The second kappa shape index (κ2) is 13.5. The van der Waals surface area contributed by atoms with Crippen LogP contribution in [0.4, 0.5) is 16.2 Å². The van der Waals surface area contributed by atoms with Crippen molar-refractivity contribution in [2.45, 2.75) is 59.3 Å². The van der Waals surface area contributed by atoms with Gasteiger partial charge in [0.05, 0.1) is 6.61 Å². The Morgan fingerprint density at radius 2 is 1.76 bits per heavy atom. The monoisotopic (exact) mass is 556 g/mol. The molecule has 0 atom stereocenters. The molecular formula is C33H40N4O4. The third-order valence-corrected chi connectivity index (χ3v) is 7.10. The highest BCUT2D eigenvalue weighted by Gasteiger charge is 2.27. The number of urea groups is 1. The molecule has 2 aromatic carbocycles. The second-order valence-corrected chi connectivity index (χ2v) is 10.7. The van der Waals surface area contributed by atoms with Gasteiger partial charge in [-0.15, -0.1) is 0 Å². The number of para-hydroxylation sites is 1. The molecule has 0 aliphatic carbocycles. The molecule has 0 saturated heterocycles. The number of anilines is 2. The number of carbonyl (C=O) groups excluding carboxylic acids is 1. The predicted molar refractivity (Wildman–Crippen MR) is 166 cm³/mol. The van der Waals surface area contributed by atoms with E-state index in [2.05, 4.69) is 49.9 Å². The lowest BCUT2D eigenvalue weighted by Crippen LogP contribution is -2.40. The van der Waals surface area contributed by atoms with Gasteiger partial charge >= 0.3 is 6.03 Å². The largest absolute Gasteiger partial charge is 0.491 e. The van der Waals surface area contributed by atoms with Crippen molar-refractivity contribution in [2.24, 2.45) is 0 Å². The first-order valence-electron chi connectivity index (χ1n) is 14.3. The van der Waals surface area contributed by atoms with E-state index < -0.39 is 5.56 Å². The number of hydrogen-bond donors (Lipinski definition) is 3. The molecule has 0 unspecified atom stereocenters. The molecule has 2 aromatic heterocycles. The topological polar surface area (TPSA) is 108 Å². The number of amides is 2. The summed E-state index contributed by atoms with van der Waals surface area (Å²) in [6.07, 6.45) is 3.18. The summed E-state index contributed by atoms with van der Waals surface area (Å²) in [5.41, 5.74) is 4.48. The number of H-pyrrole nitrogens is 1. The molecule has 0 fully saturated rings. The lowest BCUT2D eigenvalue weighted by molar-refractivity contribution is 0.201. The maximum absolute atomic E-state index is 14.2. The first kappa shape index (κ1) is 29.8. The summed E-state index contributed by atoms with van der Waals surface area (Å²) in [6, 6.07) is 16.8. The molecule has 0 saturated carbocycles.